The van der Waals surface area contributed by atoms with Crippen LogP contribution < -0.4 is 5.19 Å². The van der Waals surface area contributed by atoms with Gasteiger partial charge in [0.05, 0.1) is 8.07 Å². The Bertz CT molecular complexity index is 538. The van der Waals surface area contributed by atoms with Crippen LogP contribution in [0.1, 0.15) is 13.8 Å². The second-order valence-corrected chi connectivity index (χ2v) is 11.5. The van der Waals surface area contributed by atoms with E-state index in [4.69, 9.17) is 0 Å². The first-order valence-corrected chi connectivity index (χ1v) is 10.8. The number of thioether (sulfide) groups is 1. The van der Waals surface area contributed by atoms with E-state index in [2.05, 4.69) is 44.2 Å². The molecule has 0 unspecified atom stereocenters. The molecule has 0 radical (unpaired) electrons. The van der Waals surface area contributed by atoms with E-state index < -0.39 is 8.07 Å². The fraction of sp³-hybridized carbons (Fsp3) is 0.294. The highest BCUT2D eigenvalue weighted by Gasteiger charge is 2.31. The summed E-state index contributed by atoms with van der Waals surface area (Å²) in [6, 6.07) is 21.1. The van der Waals surface area contributed by atoms with Gasteiger partial charge in [-0.1, -0.05) is 73.6 Å². The first kappa shape index (κ1) is 15.2. The normalized spacial score (nSPS) is 11.5. The average molecular weight is 303 g/mol. The van der Waals surface area contributed by atoms with Crippen molar-refractivity contribution < 1.29 is 5.11 Å². The van der Waals surface area contributed by atoms with Gasteiger partial charge in [0, 0.05) is 4.90 Å². The van der Waals surface area contributed by atoms with Crippen LogP contribution in [0.2, 0.25) is 12.1 Å². The molecule has 0 saturated carbocycles. The maximum absolute atomic E-state index is 9.92. The van der Waals surface area contributed by atoms with Crippen molar-refractivity contribution in [2.75, 3.05) is 5.38 Å². The molecule has 20 heavy (non-hydrogen) atoms. The number of aromatic hydroxyl groups is 1. The molecule has 0 atom stereocenters. The van der Waals surface area contributed by atoms with Crippen LogP contribution >= 0.6 is 11.8 Å². The summed E-state index contributed by atoms with van der Waals surface area (Å²) >= 11 is 1.81. The highest BCUT2D eigenvalue weighted by atomic mass is 32.2. The summed E-state index contributed by atoms with van der Waals surface area (Å²) in [5, 5.41) is 12.6. The maximum Gasteiger partial charge on any atom is 0.129 e. The summed E-state index contributed by atoms with van der Waals surface area (Å²) < 4.78 is 0. The molecule has 0 aliphatic rings. The van der Waals surface area contributed by atoms with Crippen molar-refractivity contribution in [3.63, 3.8) is 0 Å². The lowest BCUT2D eigenvalue weighted by Crippen LogP contribution is -2.49. The maximum atomic E-state index is 9.92. The van der Waals surface area contributed by atoms with Gasteiger partial charge >= 0.3 is 0 Å². The van der Waals surface area contributed by atoms with E-state index in [-0.39, 0.29) is 0 Å². The fourth-order valence-corrected chi connectivity index (χ4v) is 9.17. The predicted octanol–water partition coefficient (Wildman–Crippen LogP) is 4.42. The molecule has 0 aliphatic heterocycles. The molecule has 106 valence electrons. The zero-order valence-electron chi connectivity index (χ0n) is 12.2. The van der Waals surface area contributed by atoms with E-state index in [1.54, 1.807) is 6.07 Å². The number of hydrogen-bond donors (Lipinski definition) is 1. The second kappa shape index (κ2) is 7.00. The summed E-state index contributed by atoms with van der Waals surface area (Å²) in [4.78, 5) is 1.00. The Labute approximate surface area is 127 Å². The van der Waals surface area contributed by atoms with E-state index in [0.29, 0.717) is 5.75 Å². The Kier molecular flexibility index (Phi) is 5.32. The molecule has 0 aliphatic carbocycles. The average Bonchev–Trinajstić information content (AvgIpc) is 2.51. The molecular formula is C17H22OSSi. The summed E-state index contributed by atoms with van der Waals surface area (Å²) in [6.07, 6.45) is 0. The Morgan fingerprint density at radius 1 is 0.900 bits per heavy atom. The van der Waals surface area contributed by atoms with E-state index in [0.717, 1.165) is 10.3 Å². The van der Waals surface area contributed by atoms with Gasteiger partial charge < -0.3 is 5.11 Å². The molecule has 0 amide bonds. The van der Waals surface area contributed by atoms with Crippen LogP contribution in [0.25, 0.3) is 0 Å². The topological polar surface area (TPSA) is 20.2 Å². The van der Waals surface area contributed by atoms with Gasteiger partial charge in [0.25, 0.3) is 0 Å². The van der Waals surface area contributed by atoms with Crippen LogP contribution in [-0.4, -0.2) is 18.6 Å². The van der Waals surface area contributed by atoms with E-state index in [1.165, 1.54) is 17.3 Å². The number of phenols is 1. The van der Waals surface area contributed by atoms with Crippen molar-refractivity contribution in [2.45, 2.75) is 30.8 Å². The minimum absolute atomic E-state index is 0.403. The Balaban J connectivity index is 2.20. The molecule has 2 aromatic carbocycles. The summed E-state index contributed by atoms with van der Waals surface area (Å²) in [5.41, 5.74) is 0. The second-order valence-electron chi connectivity index (χ2n) is 5.11. The minimum atomic E-state index is -1.47. The van der Waals surface area contributed by atoms with Crippen molar-refractivity contribution in [1.82, 2.24) is 0 Å². The lowest BCUT2D eigenvalue weighted by molar-refractivity contribution is 0.462. The van der Waals surface area contributed by atoms with Gasteiger partial charge in [0.1, 0.15) is 5.75 Å². The third-order valence-corrected chi connectivity index (χ3v) is 11.8. The molecule has 2 rings (SSSR count). The predicted molar refractivity (Wildman–Crippen MR) is 91.6 cm³/mol. The molecule has 3 heteroatoms. The number of benzene rings is 2. The van der Waals surface area contributed by atoms with E-state index in [9.17, 15) is 5.11 Å². The molecule has 0 heterocycles. The summed E-state index contributed by atoms with van der Waals surface area (Å²) in [7, 11) is -1.47. The van der Waals surface area contributed by atoms with Crippen molar-refractivity contribution in [2.24, 2.45) is 0 Å². The zero-order chi connectivity index (χ0) is 14.4. The van der Waals surface area contributed by atoms with Crippen molar-refractivity contribution in [3.8, 4) is 5.75 Å². The van der Waals surface area contributed by atoms with Gasteiger partial charge in [-0.2, -0.15) is 0 Å². The van der Waals surface area contributed by atoms with E-state index >= 15 is 0 Å². The SMILES string of the molecule is CC[Si](CC)(CSc1ccccc1O)c1ccccc1. The van der Waals surface area contributed by atoms with Gasteiger partial charge in [-0.3, -0.25) is 0 Å². The van der Waals surface area contributed by atoms with Gasteiger partial charge in [0.15, 0.2) is 0 Å². The third kappa shape index (κ3) is 3.28. The quantitative estimate of drug-likeness (QED) is 0.629. The van der Waals surface area contributed by atoms with Crippen molar-refractivity contribution in [1.29, 1.82) is 0 Å². The minimum Gasteiger partial charge on any atom is -0.507 e. The Morgan fingerprint density at radius 3 is 2.10 bits per heavy atom. The van der Waals surface area contributed by atoms with Gasteiger partial charge in [-0.15, -0.1) is 11.8 Å². The van der Waals surface area contributed by atoms with Gasteiger partial charge in [-0.25, -0.2) is 0 Å². The highest BCUT2D eigenvalue weighted by molar-refractivity contribution is 8.01. The summed E-state index contributed by atoms with van der Waals surface area (Å²) in [5.74, 6) is 0.403. The molecule has 1 N–H and O–H groups in total. The summed E-state index contributed by atoms with van der Waals surface area (Å²) in [6.45, 7) is 4.63. The lowest BCUT2D eigenvalue weighted by atomic mass is 10.3. The Hall–Kier alpha value is -1.19. The molecule has 0 saturated heterocycles. The first-order valence-electron chi connectivity index (χ1n) is 7.18. The highest BCUT2D eigenvalue weighted by Crippen LogP contribution is 2.31. The number of phenolic OH excluding ortho intramolecular Hbond substituents is 1. The molecule has 2 aromatic rings. The van der Waals surface area contributed by atoms with Crippen LogP contribution in [0.3, 0.4) is 0 Å². The van der Waals surface area contributed by atoms with Crippen LogP contribution in [0, 0.1) is 0 Å². The smallest absolute Gasteiger partial charge is 0.129 e. The first-order chi connectivity index (χ1) is 9.72. The zero-order valence-corrected chi connectivity index (χ0v) is 14.0. The van der Waals surface area contributed by atoms with Crippen LogP contribution in [-0.2, 0) is 0 Å². The lowest BCUT2D eigenvalue weighted by Gasteiger charge is -2.29. The van der Waals surface area contributed by atoms with Crippen LogP contribution in [0.4, 0.5) is 0 Å². The van der Waals surface area contributed by atoms with Crippen molar-refractivity contribution in [3.05, 3.63) is 54.6 Å². The molecule has 0 aromatic heterocycles. The van der Waals surface area contributed by atoms with Gasteiger partial charge in [-0.05, 0) is 17.5 Å². The Morgan fingerprint density at radius 2 is 1.50 bits per heavy atom. The molecular weight excluding hydrogens is 280 g/mol. The van der Waals surface area contributed by atoms with Crippen molar-refractivity contribution >= 4 is 25.0 Å². The van der Waals surface area contributed by atoms with Crippen LogP contribution in [0.5, 0.6) is 5.75 Å². The molecule has 0 spiro atoms. The molecule has 0 fully saturated rings. The largest absolute Gasteiger partial charge is 0.507 e. The number of hydrogen-bond acceptors (Lipinski definition) is 2. The monoisotopic (exact) mass is 302 g/mol. The number of para-hydroxylation sites is 1. The van der Waals surface area contributed by atoms with Crippen LogP contribution in [0.15, 0.2) is 59.5 Å². The van der Waals surface area contributed by atoms with Gasteiger partial charge in [0.2, 0.25) is 0 Å². The molecule has 1 nitrogen and oxygen atoms in total. The fourth-order valence-electron chi connectivity index (χ4n) is 2.53. The standard InChI is InChI=1S/C17H22OSSi/c1-3-20(4-2,15-10-6-5-7-11-15)14-19-17-13-9-8-12-16(17)18/h5-13,18H,3-4,14H2,1-2H3. The molecule has 0 bridgehead atoms. The number of rotatable bonds is 6. The third-order valence-electron chi connectivity index (χ3n) is 4.11. The van der Waals surface area contributed by atoms with E-state index in [1.807, 2.05) is 30.0 Å².